The van der Waals surface area contributed by atoms with Gasteiger partial charge in [-0.05, 0) is 24.6 Å². The summed E-state index contributed by atoms with van der Waals surface area (Å²) in [5.41, 5.74) is 5.19. The van der Waals surface area contributed by atoms with E-state index in [1.807, 2.05) is 6.07 Å². The molecule has 1 rings (SSSR count). The summed E-state index contributed by atoms with van der Waals surface area (Å²) in [7, 11) is -3.20. The van der Waals surface area contributed by atoms with Gasteiger partial charge in [0.2, 0.25) is 0 Å². The molecule has 80 valence electrons. The zero-order valence-corrected chi connectivity index (χ0v) is 9.38. The van der Waals surface area contributed by atoms with Crippen molar-refractivity contribution >= 4 is 9.84 Å². The fraction of sp³-hybridized carbons (Fsp3) is 0.300. The molecule has 0 heterocycles. The van der Waals surface area contributed by atoms with Crippen LogP contribution in [0.4, 0.5) is 0 Å². The SMILES string of the molecule is CC(N)(C#N)c1ccc(S(C)(=O)=O)cc1. The Balaban J connectivity index is 3.19. The molecule has 1 aromatic carbocycles. The summed E-state index contributed by atoms with van der Waals surface area (Å²) in [5, 5.41) is 8.78. The maximum Gasteiger partial charge on any atom is 0.175 e. The largest absolute Gasteiger partial charge is 0.310 e. The van der Waals surface area contributed by atoms with Gasteiger partial charge in [0.1, 0.15) is 5.54 Å². The first-order valence-electron chi connectivity index (χ1n) is 4.28. The molecule has 0 saturated carbocycles. The Bertz CT molecular complexity index is 495. The third-order valence-corrected chi connectivity index (χ3v) is 3.24. The molecule has 2 N–H and O–H groups in total. The van der Waals surface area contributed by atoms with Gasteiger partial charge in [-0.2, -0.15) is 5.26 Å². The predicted octanol–water partition coefficient (Wildman–Crippen LogP) is 0.788. The average molecular weight is 224 g/mol. The van der Waals surface area contributed by atoms with Gasteiger partial charge in [-0.1, -0.05) is 12.1 Å². The fourth-order valence-electron chi connectivity index (χ4n) is 1.11. The van der Waals surface area contributed by atoms with Gasteiger partial charge in [-0.25, -0.2) is 8.42 Å². The average Bonchev–Trinajstić information content (AvgIpc) is 2.17. The summed E-state index contributed by atoms with van der Waals surface area (Å²) in [6.45, 7) is 1.57. The van der Waals surface area contributed by atoms with Gasteiger partial charge in [0, 0.05) is 6.26 Å². The van der Waals surface area contributed by atoms with Gasteiger partial charge in [0.15, 0.2) is 9.84 Å². The van der Waals surface area contributed by atoms with Crippen molar-refractivity contribution in [2.75, 3.05) is 6.26 Å². The van der Waals surface area contributed by atoms with Crippen LogP contribution in [-0.4, -0.2) is 14.7 Å². The fourth-order valence-corrected chi connectivity index (χ4v) is 1.74. The lowest BCUT2D eigenvalue weighted by Gasteiger charge is -2.15. The molecule has 1 atom stereocenters. The van der Waals surface area contributed by atoms with Gasteiger partial charge in [0.25, 0.3) is 0 Å². The van der Waals surface area contributed by atoms with Gasteiger partial charge in [-0.15, -0.1) is 0 Å². The lowest BCUT2D eigenvalue weighted by molar-refractivity contribution is 0.601. The normalized spacial score (nSPS) is 15.3. The van der Waals surface area contributed by atoms with Gasteiger partial charge >= 0.3 is 0 Å². The van der Waals surface area contributed by atoms with E-state index in [1.54, 1.807) is 19.1 Å². The number of nitriles is 1. The Morgan fingerprint density at radius 3 is 2.13 bits per heavy atom. The number of nitrogens with zero attached hydrogens (tertiary/aromatic N) is 1. The molecular formula is C10H12N2O2S. The minimum absolute atomic E-state index is 0.222. The molecule has 0 amide bonds. The third kappa shape index (κ3) is 2.55. The molecule has 0 saturated heterocycles. The summed E-state index contributed by atoms with van der Waals surface area (Å²) < 4.78 is 22.3. The van der Waals surface area contributed by atoms with Crippen molar-refractivity contribution < 1.29 is 8.42 Å². The molecule has 0 bridgehead atoms. The van der Waals surface area contributed by atoms with E-state index in [4.69, 9.17) is 11.0 Å². The van der Waals surface area contributed by atoms with E-state index < -0.39 is 15.4 Å². The van der Waals surface area contributed by atoms with E-state index in [9.17, 15) is 8.42 Å². The Labute approximate surface area is 89.2 Å². The van der Waals surface area contributed by atoms with Crippen LogP contribution in [0.25, 0.3) is 0 Å². The highest BCUT2D eigenvalue weighted by Crippen LogP contribution is 2.18. The summed E-state index contributed by atoms with van der Waals surface area (Å²) in [4.78, 5) is 0.222. The first-order valence-corrected chi connectivity index (χ1v) is 6.17. The predicted molar refractivity (Wildman–Crippen MR) is 56.7 cm³/mol. The zero-order chi connectivity index (χ0) is 11.7. The highest BCUT2D eigenvalue weighted by Gasteiger charge is 2.20. The van der Waals surface area contributed by atoms with Crippen molar-refractivity contribution in [2.24, 2.45) is 5.73 Å². The zero-order valence-electron chi connectivity index (χ0n) is 8.56. The number of benzene rings is 1. The van der Waals surface area contributed by atoms with Crippen LogP contribution >= 0.6 is 0 Å². The molecule has 0 aliphatic carbocycles. The minimum atomic E-state index is -3.20. The van der Waals surface area contributed by atoms with Crippen LogP contribution in [0.2, 0.25) is 0 Å². The molecule has 0 radical (unpaired) electrons. The van der Waals surface area contributed by atoms with Crippen molar-refractivity contribution in [1.29, 1.82) is 5.26 Å². The molecule has 0 spiro atoms. The summed E-state index contributed by atoms with van der Waals surface area (Å²) in [6.07, 6.45) is 1.13. The summed E-state index contributed by atoms with van der Waals surface area (Å²) in [6, 6.07) is 7.96. The summed E-state index contributed by atoms with van der Waals surface area (Å²) >= 11 is 0. The van der Waals surface area contributed by atoms with E-state index in [2.05, 4.69) is 0 Å². The highest BCUT2D eigenvalue weighted by atomic mass is 32.2. The lowest BCUT2D eigenvalue weighted by atomic mass is 9.95. The van der Waals surface area contributed by atoms with Crippen LogP contribution in [-0.2, 0) is 15.4 Å². The molecule has 1 unspecified atom stereocenters. The number of hydrogen-bond donors (Lipinski definition) is 1. The second kappa shape index (κ2) is 3.65. The smallest absolute Gasteiger partial charge is 0.175 e. The van der Waals surface area contributed by atoms with E-state index in [-0.39, 0.29) is 4.90 Å². The lowest BCUT2D eigenvalue weighted by Crippen LogP contribution is -2.30. The quantitative estimate of drug-likeness (QED) is 0.804. The van der Waals surface area contributed by atoms with Crippen molar-refractivity contribution in [1.82, 2.24) is 0 Å². The second-order valence-electron chi connectivity index (χ2n) is 3.61. The maximum absolute atomic E-state index is 11.2. The second-order valence-corrected chi connectivity index (χ2v) is 5.63. The van der Waals surface area contributed by atoms with E-state index in [0.29, 0.717) is 5.56 Å². The molecule has 4 nitrogen and oxygen atoms in total. The van der Waals surface area contributed by atoms with Gasteiger partial charge in [0.05, 0.1) is 11.0 Å². The van der Waals surface area contributed by atoms with Gasteiger partial charge < -0.3 is 5.73 Å². The van der Waals surface area contributed by atoms with Crippen molar-refractivity contribution in [2.45, 2.75) is 17.4 Å². The Kier molecular flexibility index (Phi) is 2.84. The molecule has 1 aromatic rings. The Morgan fingerprint density at radius 2 is 1.80 bits per heavy atom. The van der Waals surface area contributed by atoms with E-state index in [0.717, 1.165) is 6.26 Å². The van der Waals surface area contributed by atoms with Gasteiger partial charge in [-0.3, -0.25) is 0 Å². The van der Waals surface area contributed by atoms with Crippen LogP contribution in [0, 0.1) is 11.3 Å². The maximum atomic E-state index is 11.2. The number of sulfone groups is 1. The van der Waals surface area contributed by atoms with Crippen molar-refractivity contribution in [3.63, 3.8) is 0 Å². The first kappa shape index (κ1) is 11.7. The highest BCUT2D eigenvalue weighted by molar-refractivity contribution is 7.90. The Hall–Kier alpha value is -1.38. The molecule has 0 fully saturated rings. The molecule has 0 aliphatic heterocycles. The van der Waals surface area contributed by atoms with E-state index in [1.165, 1.54) is 12.1 Å². The number of nitrogens with two attached hydrogens (primary N) is 1. The molecule has 15 heavy (non-hydrogen) atoms. The van der Waals surface area contributed by atoms with Crippen LogP contribution in [0.5, 0.6) is 0 Å². The molecule has 0 aliphatic rings. The van der Waals surface area contributed by atoms with Crippen molar-refractivity contribution in [3.05, 3.63) is 29.8 Å². The number of hydrogen-bond acceptors (Lipinski definition) is 4. The van der Waals surface area contributed by atoms with Crippen LogP contribution < -0.4 is 5.73 Å². The van der Waals surface area contributed by atoms with Crippen LogP contribution in [0.1, 0.15) is 12.5 Å². The summed E-state index contributed by atoms with van der Waals surface area (Å²) in [5.74, 6) is 0. The van der Waals surface area contributed by atoms with Crippen LogP contribution in [0.15, 0.2) is 29.2 Å². The first-order chi connectivity index (χ1) is 6.77. The third-order valence-electron chi connectivity index (χ3n) is 2.11. The topological polar surface area (TPSA) is 83.9 Å². The molecular weight excluding hydrogens is 212 g/mol. The van der Waals surface area contributed by atoms with Crippen molar-refractivity contribution in [3.8, 4) is 6.07 Å². The minimum Gasteiger partial charge on any atom is -0.310 e. The molecule has 0 aromatic heterocycles. The monoisotopic (exact) mass is 224 g/mol. The van der Waals surface area contributed by atoms with Crippen LogP contribution in [0.3, 0.4) is 0 Å². The Morgan fingerprint density at radius 1 is 1.33 bits per heavy atom. The number of rotatable bonds is 2. The molecule has 5 heteroatoms. The van der Waals surface area contributed by atoms with E-state index >= 15 is 0 Å². The standard InChI is InChI=1S/C10H12N2O2S/c1-10(12,7-11)8-3-5-9(6-4-8)15(2,13)14/h3-6H,12H2,1-2H3.